The van der Waals surface area contributed by atoms with Gasteiger partial charge in [-0.2, -0.15) is 0 Å². The topological polar surface area (TPSA) is 83.1 Å². The molecule has 1 heterocycles. The molecule has 174 valence electrons. The first kappa shape index (κ1) is 25.1. The summed E-state index contributed by atoms with van der Waals surface area (Å²) in [6.07, 6.45) is -0.198. The number of esters is 1. The number of halogens is 1. The molecule has 1 amide bonds. The monoisotopic (exact) mass is 439 g/mol. The quantitative estimate of drug-likeness (QED) is 0.682. The van der Waals surface area contributed by atoms with Crippen molar-refractivity contribution in [3.05, 3.63) is 35.6 Å². The van der Waals surface area contributed by atoms with E-state index in [1.807, 2.05) is 6.92 Å². The summed E-state index contributed by atoms with van der Waals surface area (Å²) in [6.45, 7) is 9.74. The number of hydrogen-bond acceptors (Lipinski definition) is 6. The van der Waals surface area contributed by atoms with Gasteiger partial charge in [0, 0.05) is 12.5 Å². The number of carbonyl (C=O) groups excluding carboxylic acids is 2. The summed E-state index contributed by atoms with van der Waals surface area (Å²) in [5.74, 6) is -1.12. The zero-order chi connectivity index (χ0) is 23.0. The van der Waals surface area contributed by atoms with E-state index in [9.17, 15) is 14.0 Å². The van der Waals surface area contributed by atoms with Crippen molar-refractivity contribution in [1.29, 1.82) is 0 Å². The molecule has 1 aliphatic heterocycles. The molecule has 1 fully saturated rings. The molecule has 8 heteroatoms. The second-order valence-electron chi connectivity index (χ2n) is 8.78. The van der Waals surface area contributed by atoms with Crippen LogP contribution in [0.5, 0.6) is 0 Å². The van der Waals surface area contributed by atoms with Crippen molar-refractivity contribution >= 4 is 12.1 Å². The number of cyclic esters (lactones) is 1. The predicted molar refractivity (Wildman–Crippen MR) is 113 cm³/mol. The van der Waals surface area contributed by atoms with Crippen LogP contribution in [-0.4, -0.2) is 55.7 Å². The predicted octanol–water partition coefficient (Wildman–Crippen LogP) is 3.63. The fourth-order valence-corrected chi connectivity index (χ4v) is 3.33. The standard InChI is InChI=1S/C23H34FNO6/c1-6-11-29-20-14-28-13-19(25-22(27)31-23(3,4)5)21(26)30-15(2)18(20)12-16-7-9-17(24)10-8-16/h7-10,15,18-20H,6,11-14H2,1-5H3,(H,25,27). The minimum atomic E-state index is -0.992. The Bertz CT molecular complexity index is 718. The Morgan fingerprint density at radius 3 is 2.52 bits per heavy atom. The lowest BCUT2D eigenvalue weighted by atomic mass is 9.89. The van der Waals surface area contributed by atoms with E-state index in [1.165, 1.54) is 12.1 Å². The molecule has 4 unspecified atom stereocenters. The van der Waals surface area contributed by atoms with Crippen LogP contribution in [0.4, 0.5) is 9.18 Å². The lowest BCUT2D eigenvalue weighted by Crippen LogP contribution is -2.47. The van der Waals surface area contributed by atoms with Crippen LogP contribution in [-0.2, 0) is 30.2 Å². The van der Waals surface area contributed by atoms with E-state index in [0.29, 0.717) is 13.0 Å². The number of alkyl carbamates (subject to hydrolysis) is 1. The van der Waals surface area contributed by atoms with E-state index >= 15 is 0 Å². The largest absolute Gasteiger partial charge is 0.461 e. The fraction of sp³-hybridized carbons (Fsp3) is 0.652. The second kappa shape index (κ2) is 11.4. The Labute approximate surface area is 183 Å². The zero-order valence-corrected chi connectivity index (χ0v) is 19.0. The summed E-state index contributed by atoms with van der Waals surface area (Å²) in [4.78, 5) is 24.9. The third-order valence-corrected chi connectivity index (χ3v) is 4.85. The van der Waals surface area contributed by atoms with Gasteiger partial charge in [-0.15, -0.1) is 0 Å². The van der Waals surface area contributed by atoms with E-state index in [4.69, 9.17) is 18.9 Å². The molecule has 0 spiro atoms. The van der Waals surface area contributed by atoms with Gasteiger partial charge in [0.25, 0.3) is 0 Å². The van der Waals surface area contributed by atoms with Gasteiger partial charge in [0.1, 0.15) is 17.5 Å². The molecule has 0 aromatic heterocycles. The molecule has 2 rings (SSSR count). The maximum Gasteiger partial charge on any atom is 0.408 e. The van der Waals surface area contributed by atoms with Gasteiger partial charge in [0.05, 0.1) is 19.3 Å². The number of hydrogen-bond donors (Lipinski definition) is 1. The lowest BCUT2D eigenvalue weighted by Gasteiger charge is -2.30. The van der Waals surface area contributed by atoms with Gasteiger partial charge in [-0.1, -0.05) is 19.1 Å². The maximum atomic E-state index is 13.3. The smallest absolute Gasteiger partial charge is 0.408 e. The highest BCUT2D eigenvalue weighted by atomic mass is 19.1. The minimum absolute atomic E-state index is 0.0555. The molecule has 0 saturated carbocycles. The third-order valence-electron chi connectivity index (χ3n) is 4.85. The molecule has 0 radical (unpaired) electrons. The normalized spacial score (nSPS) is 25.0. The van der Waals surface area contributed by atoms with Gasteiger partial charge in [0.15, 0.2) is 6.04 Å². The van der Waals surface area contributed by atoms with E-state index in [-0.39, 0.29) is 31.1 Å². The highest BCUT2D eigenvalue weighted by Gasteiger charge is 2.35. The molecule has 1 aromatic rings. The summed E-state index contributed by atoms with van der Waals surface area (Å²) in [5, 5.41) is 2.53. The molecule has 0 aliphatic carbocycles. The van der Waals surface area contributed by atoms with Crippen LogP contribution in [0.1, 0.15) is 46.6 Å². The molecule has 1 N–H and O–H groups in total. The molecule has 1 aliphatic rings. The van der Waals surface area contributed by atoms with Crippen molar-refractivity contribution in [1.82, 2.24) is 5.32 Å². The molecule has 0 bridgehead atoms. The van der Waals surface area contributed by atoms with Crippen molar-refractivity contribution in [2.45, 2.75) is 71.3 Å². The Kier molecular flexibility index (Phi) is 9.25. The fourth-order valence-electron chi connectivity index (χ4n) is 3.33. The third kappa shape index (κ3) is 8.45. The SMILES string of the molecule is CCCOC1COCC(NC(=O)OC(C)(C)C)C(=O)OC(C)C1Cc1ccc(F)cc1. The van der Waals surface area contributed by atoms with Crippen molar-refractivity contribution in [3.63, 3.8) is 0 Å². The Morgan fingerprint density at radius 2 is 1.90 bits per heavy atom. The number of ether oxygens (including phenoxy) is 4. The summed E-state index contributed by atoms with van der Waals surface area (Å²) in [6, 6.07) is 5.23. The summed E-state index contributed by atoms with van der Waals surface area (Å²) >= 11 is 0. The molecule has 4 atom stereocenters. The first-order valence-electron chi connectivity index (χ1n) is 10.7. The number of amides is 1. The maximum absolute atomic E-state index is 13.3. The van der Waals surface area contributed by atoms with E-state index in [2.05, 4.69) is 5.32 Å². The van der Waals surface area contributed by atoms with Gasteiger partial charge in [-0.05, 0) is 58.2 Å². The molecule has 31 heavy (non-hydrogen) atoms. The molecule has 1 aromatic carbocycles. The van der Waals surface area contributed by atoms with E-state index < -0.39 is 29.8 Å². The van der Waals surface area contributed by atoms with Crippen LogP contribution in [0, 0.1) is 11.7 Å². The molecule has 7 nitrogen and oxygen atoms in total. The van der Waals surface area contributed by atoms with Gasteiger partial charge < -0.3 is 24.3 Å². The minimum Gasteiger partial charge on any atom is -0.461 e. The average Bonchev–Trinajstić information content (AvgIpc) is 2.72. The van der Waals surface area contributed by atoms with Crippen molar-refractivity contribution in [2.24, 2.45) is 5.92 Å². The Hall–Kier alpha value is -2.19. The first-order valence-corrected chi connectivity index (χ1v) is 10.7. The summed E-state index contributed by atoms with van der Waals surface area (Å²) < 4.78 is 36.0. The van der Waals surface area contributed by atoms with Crippen molar-refractivity contribution in [3.8, 4) is 0 Å². The zero-order valence-electron chi connectivity index (χ0n) is 19.0. The van der Waals surface area contributed by atoms with Gasteiger partial charge in [-0.25, -0.2) is 14.0 Å². The van der Waals surface area contributed by atoms with E-state index in [0.717, 1.165) is 12.0 Å². The number of carbonyl (C=O) groups is 2. The van der Waals surface area contributed by atoms with Gasteiger partial charge in [-0.3, -0.25) is 0 Å². The van der Waals surface area contributed by atoms with Crippen LogP contribution in [0.3, 0.4) is 0 Å². The van der Waals surface area contributed by atoms with Crippen LogP contribution in [0.2, 0.25) is 0 Å². The van der Waals surface area contributed by atoms with Crippen LogP contribution >= 0.6 is 0 Å². The van der Waals surface area contributed by atoms with Crippen LogP contribution in [0.25, 0.3) is 0 Å². The number of nitrogens with one attached hydrogen (secondary N) is 1. The van der Waals surface area contributed by atoms with Gasteiger partial charge >= 0.3 is 12.1 Å². The van der Waals surface area contributed by atoms with Gasteiger partial charge in [0.2, 0.25) is 0 Å². The van der Waals surface area contributed by atoms with E-state index in [1.54, 1.807) is 39.8 Å². The lowest BCUT2D eigenvalue weighted by molar-refractivity contribution is -0.155. The molecular formula is C23H34FNO6. The van der Waals surface area contributed by atoms with Crippen molar-refractivity contribution in [2.75, 3.05) is 19.8 Å². The Balaban J connectivity index is 2.15. The number of rotatable bonds is 6. The average molecular weight is 440 g/mol. The summed E-state index contributed by atoms with van der Waals surface area (Å²) in [5.41, 5.74) is 0.210. The van der Waals surface area contributed by atoms with Crippen LogP contribution < -0.4 is 5.32 Å². The highest BCUT2D eigenvalue weighted by Crippen LogP contribution is 2.24. The Morgan fingerprint density at radius 1 is 1.23 bits per heavy atom. The summed E-state index contributed by atoms with van der Waals surface area (Å²) in [7, 11) is 0. The first-order chi connectivity index (χ1) is 14.6. The second-order valence-corrected chi connectivity index (χ2v) is 8.78. The van der Waals surface area contributed by atoms with Crippen molar-refractivity contribution < 1.29 is 32.9 Å². The molecule has 1 saturated heterocycles. The molecular weight excluding hydrogens is 405 g/mol. The number of benzene rings is 1. The van der Waals surface area contributed by atoms with Crippen LogP contribution in [0.15, 0.2) is 24.3 Å². The highest BCUT2D eigenvalue weighted by molar-refractivity contribution is 5.81.